The highest BCUT2D eigenvalue weighted by atomic mass is 19.3. The van der Waals surface area contributed by atoms with E-state index in [9.17, 15) is 9.63 Å². The molecule has 1 saturated heterocycles. The molecule has 1 aliphatic heterocycles. The summed E-state index contributed by atoms with van der Waals surface area (Å²) in [6.45, 7) is 1.25. The molecule has 0 spiro atoms. The molecule has 0 amide bonds. The third-order valence-electron chi connectivity index (χ3n) is 3.90. The summed E-state index contributed by atoms with van der Waals surface area (Å²) < 4.78 is 12.4. The second-order valence-corrected chi connectivity index (χ2v) is 5.49. The Morgan fingerprint density at radius 1 is 1.39 bits per heavy atom. The van der Waals surface area contributed by atoms with Crippen LogP contribution >= 0.6 is 0 Å². The lowest BCUT2D eigenvalue weighted by Crippen LogP contribution is -2.22. The minimum atomic E-state index is -0.353. The number of hydrogen-bond acceptors (Lipinski definition) is 6. The Bertz CT molecular complexity index is 738. The summed E-state index contributed by atoms with van der Waals surface area (Å²) in [7, 11) is 0. The average Bonchev–Trinajstić information content (AvgIpc) is 3.01. The van der Waals surface area contributed by atoms with Gasteiger partial charge in [0.2, 0.25) is 0 Å². The zero-order valence-electron chi connectivity index (χ0n) is 12.4. The minimum Gasteiger partial charge on any atom is -0.398 e. The summed E-state index contributed by atoms with van der Waals surface area (Å²) >= 11 is 0. The summed E-state index contributed by atoms with van der Waals surface area (Å²) in [4.78, 5) is 9.97. The molecule has 7 heteroatoms. The number of pyridine rings is 1. The minimum absolute atomic E-state index is 0.00380. The van der Waals surface area contributed by atoms with Crippen LogP contribution in [0.25, 0.3) is 0 Å². The fourth-order valence-corrected chi connectivity index (χ4v) is 2.65. The van der Waals surface area contributed by atoms with Crippen molar-refractivity contribution in [3.8, 4) is 5.75 Å². The van der Waals surface area contributed by atoms with Gasteiger partial charge in [-0.1, -0.05) is 0 Å². The van der Waals surface area contributed by atoms with Gasteiger partial charge in [0, 0.05) is 40.6 Å². The molecule has 120 valence electrons. The maximum atomic E-state index is 12.4. The predicted molar refractivity (Wildman–Crippen MR) is 85.6 cm³/mol. The molecule has 0 bridgehead atoms. The van der Waals surface area contributed by atoms with Crippen LogP contribution in [-0.2, 0) is 0 Å². The summed E-state index contributed by atoms with van der Waals surface area (Å²) in [5.41, 5.74) is 7.40. The van der Waals surface area contributed by atoms with Crippen LogP contribution in [0.4, 0.5) is 16.0 Å². The normalized spacial score (nSPS) is 17.3. The van der Waals surface area contributed by atoms with Crippen molar-refractivity contribution in [1.29, 1.82) is 5.41 Å². The maximum absolute atomic E-state index is 12.4. The van der Waals surface area contributed by atoms with E-state index in [0.717, 1.165) is 6.54 Å². The van der Waals surface area contributed by atoms with Crippen molar-refractivity contribution in [1.82, 2.24) is 4.98 Å². The van der Waals surface area contributed by atoms with Gasteiger partial charge in [-0.25, -0.2) is 4.98 Å². The topological polar surface area (TPSA) is 95.5 Å². The van der Waals surface area contributed by atoms with Crippen LogP contribution in [0.1, 0.15) is 17.5 Å². The highest BCUT2D eigenvalue weighted by Crippen LogP contribution is 2.25. The molecular formula is C16H17FN4O2. The van der Waals surface area contributed by atoms with Crippen LogP contribution in [0, 0.1) is 5.41 Å². The molecule has 1 atom stereocenters. The molecule has 0 radical (unpaired) electrons. The van der Waals surface area contributed by atoms with Crippen LogP contribution < -0.4 is 15.6 Å². The van der Waals surface area contributed by atoms with Gasteiger partial charge in [-0.05, 0) is 36.8 Å². The number of rotatable bonds is 4. The Balaban J connectivity index is 1.91. The predicted octanol–water partition coefficient (Wildman–Crippen LogP) is 1.91. The number of aliphatic hydroxyl groups excluding tert-OH is 1. The van der Waals surface area contributed by atoms with Gasteiger partial charge in [0.05, 0.1) is 11.8 Å². The van der Waals surface area contributed by atoms with Gasteiger partial charge >= 0.3 is 0 Å². The number of nitrogens with two attached hydrogens (primary N) is 1. The van der Waals surface area contributed by atoms with Gasteiger partial charge in [-0.2, -0.15) is 0 Å². The molecular weight excluding hydrogens is 299 g/mol. The first-order valence-corrected chi connectivity index (χ1v) is 7.25. The lowest BCUT2D eigenvalue weighted by molar-refractivity contribution is -0.00619. The van der Waals surface area contributed by atoms with Crippen LogP contribution in [0.2, 0.25) is 0 Å². The highest BCUT2D eigenvalue weighted by Gasteiger charge is 2.22. The largest absolute Gasteiger partial charge is 0.398 e. The van der Waals surface area contributed by atoms with E-state index in [2.05, 4.69) is 9.93 Å². The molecule has 2 heterocycles. The number of aliphatic hydroxyl groups is 1. The van der Waals surface area contributed by atoms with Crippen LogP contribution in [0.15, 0.2) is 36.5 Å². The van der Waals surface area contributed by atoms with Crippen LogP contribution in [0.3, 0.4) is 0 Å². The molecule has 0 unspecified atom stereocenters. The zero-order valence-corrected chi connectivity index (χ0v) is 12.4. The Morgan fingerprint density at radius 2 is 2.22 bits per heavy atom. The zero-order chi connectivity index (χ0) is 16.4. The lowest BCUT2D eigenvalue weighted by atomic mass is 10.0. The van der Waals surface area contributed by atoms with Gasteiger partial charge < -0.3 is 15.7 Å². The Morgan fingerprint density at radius 3 is 2.91 bits per heavy atom. The maximum Gasteiger partial charge on any atom is 0.172 e. The second-order valence-electron chi connectivity index (χ2n) is 5.49. The van der Waals surface area contributed by atoms with Crippen molar-refractivity contribution in [2.75, 3.05) is 23.7 Å². The lowest BCUT2D eigenvalue weighted by Gasteiger charge is -2.17. The number of aromatic nitrogens is 1. The third-order valence-corrected chi connectivity index (χ3v) is 3.90. The SMILES string of the molecule is N=C(c1ccnc(N2CC[C@@H](O)C2)c1)c1cc(OF)ccc1N. The van der Waals surface area contributed by atoms with E-state index in [1.54, 1.807) is 18.3 Å². The van der Waals surface area contributed by atoms with E-state index in [0.29, 0.717) is 35.6 Å². The molecule has 1 fully saturated rings. The van der Waals surface area contributed by atoms with E-state index >= 15 is 0 Å². The van der Waals surface area contributed by atoms with Gasteiger partial charge in [0.1, 0.15) is 5.82 Å². The fraction of sp³-hybridized carbons (Fsp3) is 0.250. The number of halogens is 1. The Labute approximate surface area is 132 Å². The van der Waals surface area contributed by atoms with E-state index in [-0.39, 0.29) is 17.6 Å². The van der Waals surface area contributed by atoms with Crippen molar-refractivity contribution >= 4 is 17.2 Å². The average molecular weight is 316 g/mol. The van der Waals surface area contributed by atoms with Gasteiger partial charge in [0.25, 0.3) is 0 Å². The number of benzene rings is 1. The Hall–Kier alpha value is -2.67. The number of nitrogens with zero attached hydrogens (tertiary/aromatic N) is 2. The number of anilines is 2. The fourth-order valence-electron chi connectivity index (χ4n) is 2.65. The summed E-state index contributed by atoms with van der Waals surface area (Å²) in [6.07, 6.45) is 1.95. The second kappa shape index (κ2) is 6.21. The number of β-amino-alcohol motifs (C(OH)–C–C–N with tert-alkyl or cyclic N) is 1. The molecule has 4 N–H and O–H groups in total. The highest BCUT2D eigenvalue weighted by molar-refractivity contribution is 6.14. The monoisotopic (exact) mass is 316 g/mol. The number of nitrogens with one attached hydrogen (secondary N) is 1. The van der Waals surface area contributed by atoms with Crippen molar-refractivity contribution < 1.29 is 14.6 Å². The first-order valence-electron chi connectivity index (χ1n) is 7.25. The van der Waals surface area contributed by atoms with Gasteiger partial charge in [-0.15, -0.1) is 0 Å². The molecule has 1 aromatic heterocycles. The summed E-state index contributed by atoms with van der Waals surface area (Å²) in [5, 5.41) is 18.0. The molecule has 6 nitrogen and oxygen atoms in total. The van der Waals surface area contributed by atoms with Crippen molar-refractivity contribution in [3.05, 3.63) is 47.7 Å². The first-order chi connectivity index (χ1) is 11.1. The van der Waals surface area contributed by atoms with Crippen LogP contribution in [0.5, 0.6) is 5.75 Å². The molecule has 23 heavy (non-hydrogen) atoms. The Kier molecular flexibility index (Phi) is 4.12. The molecule has 0 aliphatic carbocycles. The quantitative estimate of drug-likeness (QED) is 0.591. The first kappa shape index (κ1) is 15.2. The number of nitrogen functional groups attached to an aromatic ring is 1. The van der Waals surface area contributed by atoms with Crippen LogP contribution in [-0.4, -0.2) is 35.0 Å². The third kappa shape index (κ3) is 3.09. The van der Waals surface area contributed by atoms with Crippen molar-refractivity contribution in [3.63, 3.8) is 0 Å². The number of hydrogen-bond donors (Lipinski definition) is 3. The van der Waals surface area contributed by atoms with Crippen molar-refractivity contribution in [2.45, 2.75) is 12.5 Å². The van der Waals surface area contributed by atoms with E-state index in [4.69, 9.17) is 11.1 Å². The van der Waals surface area contributed by atoms with Gasteiger partial charge in [0.15, 0.2) is 5.75 Å². The van der Waals surface area contributed by atoms with E-state index in [1.807, 2.05) is 4.90 Å². The molecule has 2 aromatic rings. The summed E-state index contributed by atoms with van der Waals surface area (Å²) in [6, 6.07) is 7.74. The van der Waals surface area contributed by atoms with Crippen molar-refractivity contribution in [2.24, 2.45) is 0 Å². The molecule has 1 aliphatic rings. The van der Waals surface area contributed by atoms with E-state index < -0.39 is 0 Å². The van der Waals surface area contributed by atoms with Gasteiger partial charge in [-0.3, -0.25) is 10.4 Å². The smallest absolute Gasteiger partial charge is 0.172 e. The molecule has 3 rings (SSSR count). The molecule has 1 aromatic carbocycles. The summed E-state index contributed by atoms with van der Waals surface area (Å²) in [5.74, 6) is 0.691. The standard InChI is InChI=1S/C16H17FN4O2/c17-23-12-1-2-14(18)13(8-12)16(19)10-3-5-20-15(7-10)21-6-4-11(22)9-21/h1-3,5,7-8,11,19,22H,4,6,9,18H2/t11-/m1/s1. The molecule has 0 saturated carbocycles. The van der Waals surface area contributed by atoms with E-state index in [1.165, 1.54) is 18.2 Å².